The molecule has 0 radical (unpaired) electrons. The molecule has 0 saturated heterocycles. The number of hydrogen-bond acceptors (Lipinski definition) is 3. The number of hydrogen-bond donors (Lipinski definition) is 1. The van der Waals surface area contributed by atoms with Crippen molar-refractivity contribution in [2.45, 2.75) is 45.4 Å². The van der Waals surface area contributed by atoms with Gasteiger partial charge in [0.25, 0.3) is 0 Å². The van der Waals surface area contributed by atoms with Crippen LogP contribution in [-0.2, 0) is 0 Å². The lowest BCUT2D eigenvalue weighted by molar-refractivity contribution is 0.573. The van der Waals surface area contributed by atoms with Gasteiger partial charge in [0.15, 0.2) is 0 Å². The summed E-state index contributed by atoms with van der Waals surface area (Å²) < 4.78 is 0. The van der Waals surface area contributed by atoms with Crippen molar-refractivity contribution in [2.75, 3.05) is 6.54 Å². The van der Waals surface area contributed by atoms with Gasteiger partial charge >= 0.3 is 0 Å². The zero-order valence-corrected chi connectivity index (χ0v) is 11.6. The van der Waals surface area contributed by atoms with Crippen LogP contribution in [0.1, 0.15) is 51.0 Å². The zero-order chi connectivity index (χ0) is 13.8. The molecule has 19 heavy (non-hydrogen) atoms. The fraction of sp³-hybridized carbons (Fsp3) is 0.533. The van der Waals surface area contributed by atoms with E-state index in [-0.39, 0.29) is 0 Å². The molecule has 0 unspecified atom stereocenters. The third kappa shape index (κ3) is 7.20. The maximum atomic E-state index is 8.66. The average Bonchev–Trinajstić information content (AvgIpc) is 2.46. The lowest BCUT2D eigenvalue weighted by Gasteiger charge is -2.00. The quantitative estimate of drug-likeness (QED) is 0.402. The minimum atomic E-state index is 0.638. The van der Waals surface area contributed by atoms with E-state index in [1.807, 2.05) is 0 Å². The van der Waals surface area contributed by atoms with Gasteiger partial charge < -0.3 is 0 Å². The van der Waals surface area contributed by atoms with Crippen LogP contribution in [0.3, 0.4) is 0 Å². The molecule has 0 saturated carbocycles. The predicted octanol–water partition coefficient (Wildman–Crippen LogP) is 4.51. The number of nitrogens with zero attached hydrogens (tertiary/aromatic N) is 3. The van der Waals surface area contributed by atoms with Gasteiger partial charge in [0.05, 0.1) is 17.3 Å². The molecule has 0 heterocycles. The topological polar surface area (TPSA) is 60.5 Å². The van der Waals surface area contributed by atoms with Gasteiger partial charge in [-0.25, -0.2) is 0 Å². The molecular formula is C15H22N4. The van der Waals surface area contributed by atoms with Crippen LogP contribution in [0, 0.1) is 11.3 Å². The molecule has 0 aliphatic rings. The van der Waals surface area contributed by atoms with Crippen LogP contribution >= 0.6 is 0 Å². The highest BCUT2D eigenvalue weighted by Gasteiger charge is 1.91. The summed E-state index contributed by atoms with van der Waals surface area (Å²) in [5, 5.41) is 16.6. The highest BCUT2D eigenvalue weighted by molar-refractivity contribution is 5.41. The summed E-state index contributed by atoms with van der Waals surface area (Å²) in [5.41, 5.74) is 4.34. The number of rotatable bonds is 9. The molecular weight excluding hydrogens is 236 g/mol. The second-order valence-electron chi connectivity index (χ2n) is 4.53. The Kier molecular flexibility index (Phi) is 8.04. The minimum absolute atomic E-state index is 0.638. The van der Waals surface area contributed by atoms with Crippen molar-refractivity contribution >= 4 is 5.69 Å². The first-order valence-electron chi connectivity index (χ1n) is 7.00. The molecule has 4 heteroatoms. The second kappa shape index (κ2) is 10.1. The number of nitrogens with one attached hydrogen (secondary N) is 1. The standard InChI is InChI=1S/C15H22N4/c1-2-3-4-5-6-7-12-17-19-18-15-10-8-14(13-16)9-11-15/h8-11H,2-7,12H2,1H3,(H,17,18). The Bertz CT molecular complexity index is 403. The van der Waals surface area contributed by atoms with Crippen LogP contribution in [0.2, 0.25) is 0 Å². The Morgan fingerprint density at radius 1 is 1.05 bits per heavy atom. The summed E-state index contributed by atoms with van der Waals surface area (Å²) in [6, 6.07) is 9.12. The minimum Gasteiger partial charge on any atom is -0.291 e. The largest absolute Gasteiger partial charge is 0.291 e. The Hall–Kier alpha value is -1.89. The Morgan fingerprint density at radius 2 is 1.74 bits per heavy atom. The number of unbranched alkanes of at least 4 members (excludes halogenated alkanes) is 5. The van der Waals surface area contributed by atoms with Gasteiger partial charge in [-0.2, -0.15) is 5.26 Å². The summed E-state index contributed by atoms with van der Waals surface area (Å²) in [5.74, 6) is 0. The van der Waals surface area contributed by atoms with Crippen LogP contribution in [-0.4, -0.2) is 6.54 Å². The van der Waals surface area contributed by atoms with E-state index in [2.05, 4.69) is 28.8 Å². The van der Waals surface area contributed by atoms with Crippen molar-refractivity contribution in [1.82, 2.24) is 5.43 Å². The maximum Gasteiger partial charge on any atom is 0.0991 e. The van der Waals surface area contributed by atoms with Gasteiger partial charge in [0, 0.05) is 6.54 Å². The molecule has 0 bridgehead atoms. The van der Waals surface area contributed by atoms with Crippen molar-refractivity contribution in [3.05, 3.63) is 29.8 Å². The van der Waals surface area contributed by atoms with Crippen LogP contribution in [0.25, 0.3) is 0 Å². The van der Waals surface area contributed by atoms with Crippen LogP contribution in [0.15, 0.2) is 34.6 Å². The lowest BCUT2D eigenvalue weighted by Crippen LogP contribution is -2.05. The number of nitriles is 1. The molecule has 1 rings (SSSR count). The highest BCUT2D eigenvalue weighted by Crippen LogP contribution is 2.12. The highest BCUT2D eigenvalue weighted by atomic mass is 15.4. The Labute approximate surface area is 115 Å². The van der Waals surface area contributed by atoms with E-state index in [1.54, 1.807) is 24.3 Å². The van der Waals surface area contributed by atoms with Crippen molar-refractivity contribution < 1.29 is 0 Å². The van der Waals surface area contributed by atoms with Crippen molar-refractivity contribution in [3.63, 3.8) is 0 Å². The predicted molar refractivity (Wildman–Crippen MR) is 77.1 cm³/mol. The molecule has 0 amide bonds. The first-order valence-corrected chi connectivity index (χ1v) is 7.00. The summed E-state index contributed by atoms with van der Waals surface area (Å²) in [4.78, 5) is 0. The van der Waals surface area contributed by atoms with E-state index >= 15 is 0 Å². The van der Waals surface area contributed by atoms with E-state index < -0.39 is 0 Å². The van der Waals surface area contributed by atoms with Crippen molar-refractivity contribution in [1.29, 1.82) is 5.26 Å². The molecule has 4 nitrogen and oxygen atoms in total. The van der Waals surface area contributed by atoms with E-state index in [9.17, 15) is 0 Å². The first kappa shape index (κ1) is 15.2. The van der Waals surface area contributed by atoms with E-state index in [0.717, 1.165) is 18.7 Å². The lowest BCUT2D eigenvalue weighted by atomic mass is 10.1. The molecule has 1 N–H and O–H groups in total. The number of benzene rings is 1. The third-order valence-electron chi connectivity index (χ3n) is 2.87. The summed E-state index contributed by atoms with van der Waals surface area (Å²) in [7, 11) is 0. The van der Waals surface area contributed by atoms with E-state index in [1.165, 1.54) is 32.1 Å². The summed E-state index contributed by atoms with van der Waals surface area (Å²) in [6.45, 7) is 3.09. The van der Waals surface area contributed by atoms with Crippen LogP contribution < -0.4 is 5.43 Å². The summed E-state index contributed by atoms with van der Waals surface area (Å²) >= 11 is 0. The molecule has 0 aromatic heterocycles. The monoisotopic (exact) mass is 258 g/mol. The second-order valence-corrected chi connectivity index (χ2v) is 4.53. The molecule has 0 aliphatic carbocycles. The smallest absolute Gasteiger partial charge is 0.0991 e. The van der Waals surface area contributed by atoms with Gasteiger partial charge in [-0.05, 0) is 30.7 Å². The Morgan fingerprint density at radius 3 is 2.42 bits per heavy atom. The van der Waals surface area contributed by atoms with Gasteiger partial charge in [-0.15, -0.1) is 5.11 Å². The van der Waals surface area contributed by atoms with Crippen molar-refractivity contribution in [3.8, 4) is 6.07 Å². The zero-order valence-electron chi connectivity index (χ0n) is 11.6. The fourth-order valence-electron chi connectivity index (χ4n) is 1.73. The fourth-order valence-corrected chi connectivity index (χ4v) is 1.73. The Balaban J connectivity index is 2.08. The molecule has 102 valence electrons. The molecule has 0 fully saturated rings. The van der Waals surface area contributed by atoms with Crippen LogP contribution in [0.4, 0.5) is 5.69 Å². The normalized spacial score (nSPS) is 10.5. The van der Waals surface area contributed by atoms with E-state index in [4.69, 9.17) is 5.26 Å². The van der Waals surface area contributed by atoms with Gasteiger partial charge in [0.2, 0.25) is 0 Å². The summed E-state index contributed by atoms with van der Waals surface area (Å²) in [6.07, 6.45) is 7.66. The average molecular weight is 258 g/mol. The van der Waals surface area contributed by atoms with Gasteiger partial charge in [-0.1, -0.05) is 44.3 Å². The molecule has 0 atom stereocenters. The van der Waals surface area contributed by atoms with Crippen molar-refractivity contribution in [2.24, 2.45) is 10.3 Å². The SMILES string of the molecule is CCCCCCCCN/N=N\c1ccc(C#N)cc1. The van der Waals surface area contributed by atoms with E-state index in [0.29, 0.717) is 5.56 Å². The first-order chi connectivity index (χ1) is 9.36. The van der Waals surface area contributed by atoms with Gasteiger partial charge in [0.1, 0.15) is 0 Å². The molecule has 0 aliphatic heterocycles. The molecule has 0 spiro atoms. The molecule has 1 aromatic rings. The van der Waals surface area contributed by atoms with Crippen LogP contribution in [0.5, 0.6) is 0 Å². The van der Waals surface area contributed by atoms with Gasteiger partial charge in [-0.3, -0.25) is 5.43 Å². The maximum absolute atomic E-state index is 8.66. The molecule has 1 aromatic carbocycles. The third-order valence-corrected chi connectivity index (χ3v) is 2.87.